The SMILES string of the molecule is O=C(COc1ccc(Cl)cc1)Cc1cccc(F)c1Br. The summed E-state index contributed by atoms with van der Waals surface area (Å²) >= 11 is 8.88. The number of ether oxygens (including phenoxy) is 1. The molecule has 5 heteroatoms. The van der Waals surface area contributed by atoms with Crippen molar-refractivity contribution in [2.45, 2.75) is 6.42 Å². The van der Waals surface area contributed by atoms with Crippen molar-refractivity contribution in [2.75, 3.05) is 6.61 Å². The van der Waals surface area contributed by atoms with E-state index in [2.05, 4.69) is 15.9 Å². The zero-order valence-corrected chi connectivity index (χ0v) is 12.7. The fraction of sp³-hybridized carbons (Fsp3) is 0.133. The number of benzene rings is 2. The molecule has 0 aliphatic carbocycles. The van der Waals surface area contributed by atoms with Gasteiger partial charge in [0.1, 0.15) is 18.2 Å². The van der Waals surface area contributed by atoms with Crippen molar-refractivity contribution in [3.05, 3.63) is 63.3 Å². The van der Waals surface area contributed by atoms with Crippen molar-refractivity contribution in [3.8, 4) is 5.75 Å². The summed E-state index contributed by atoms with van der Waals surface area (Å²) in [6, 6.07) is 11.4. The van der Waals surface area contributed by atoms with Crippen LogP contribution in [-0.2, 0) is 11.2 Å². The van der Waals surface area contributed by atoms with Crippen LogP contribution in [0.3, 0.4) is 0 Å². The quantitative estimate of drug-likeness (QED) is 0.791. The number of carbonyl (C=O) groups excluding carboxylic acids is 1. The van der Waals surface area contributed by atoms with E-state index in [0.717, 1.165) is 0 Å². The number of hydrogen-bond donors (Lipinski definition) is 0. The smallest absolute Gasteiger partial charge is 0.174 e. The van der Waals surface area contributed by atoms with Gasteiger partial charge in [0.15, 0.2) is 5.78 Å². The lowest BCUT2D eigenvalue weighted by Crippen LogP contribution is -2.14. The summed E-state index contributed by atoms with van der Waals surface area (Å²) in [7, 11) is 0. The predicted octanol–water partition coefficient (Wildman–Crippen LogP) is 4.43. The van der Waals surface area contributed by atoms with E-state index in [4.69, 9.17) is 16.3 Å². The lowest BCUT2D eigenvalue weighted by atomic mass is 10.1. The summed E-state index contributed by atoms with van der Waals surface area (Å²) in [5.41, 5.74) is 0.606. The van der Waals surface area contributed by atoms with E-state index in [1.165, 1.54) is 6.07 Å². The first kappa shape index (κ1) is 15.0. The van der Waals surface area contributed by atoms with E-state index >= 15 is 0 Å². The Labute approximate surface area is 129 Å². The van der Waals surface area contributed by atoms with Crippen LogP contribution in [0.4, 0.5) is 4.39 Å². The van der Waals surface area contributed by atoms with Crippen molar-refractivity contribution in [1.82, 2.24) is 0 Å². The van der Waals surface area contributed by atoms with Gasteiger partial charge in [0.05, 0.1) is 4.47 Å². The van der Waals surface area contributed by atoms with Crippen LogP contribution in [0.25, 0.3) is 0 Å². The Morgan fingerprint density at radius 1 is 1.20 bits per heavy atom. The topological polar surface area (TPSA) is 26.3 Å². The third kappa shape index (κ3) is 4.05. The minimum atomic E-state index is -0.381. The zero-order valence-electron chi connectivity index (χ0n) is 10.4. The third-order valence-electron chi connectivity index (χ3n) is 2.63. The lowest BCUT2D eigenvalue weighted by molar-refractivity contribution is -0.120. The molecule has 0 radical (unpaired) electrons. The number of ketones is 1. The molecule has 2 aromatic rings. The molecule has 0 bridgehead atoms. The van der Waals surface area contributed by atoms with Crippen molar-refractivity contribution in [3.63, 3.8) is 0 Å². The third-order valence-corrected chi connectivity index (χ3v) is 3.77. The minimum Gasteiger partial charge on any atom is -0.486 e. The lowest BCUT2D eigenvalue weighted by Gasteiger charge is -2.07. The van der Waals surface area contributed by atoms with Crippen molar-refractivity contribution < 1.29 is 13.9 Å². The first-order valence-electron chi connectivity index (χ1n) is 5.89. The number of Topliss-reactive ketones (excluding diaryl/α,β-unsaturated/α-hetero) is 1. The maximum atomic E-state index is 13.3. The predicted molar refractivity (Wildman–Crippen MR) is 79.8 cm³/mol. The van der Waals surface area contributed by atoms with Gasteiger partial charge < -0.3 is 4.74 Å². The van der Waals surface area contributed by atoms with Crippen LogP contribution in [-0.4, -0.2) is 12.4 Å². The fourth-order valence-corrected chi connectivity index (χ4v) is 2.17. The van der Waals surface area contributed by atoms with Gasteiger partial charge in [-0.15, -0.1) is 0 Å². The Bertz CT molecular complexity index is 614. The molecular formula is C15H11BrClFO2. The van der Waals surface area contributed by atoms with E-state index in [1.54, 1.807) is 36.4 Å². The van der Waals surface area contributed by atoms with Crippen molar-refractivity contribution in [2.24, 2.45) is 0 Å². The highest BCUT2D eigenvalue weighted by Crippen LogP contribution is 2.21. The standard InChI is InChI=1S/C15H11BrClFO2/c16-15-10(2-1-3-14(15)18)8-12(19)9-20-13-6-4-11(17)5-7-13/h1-7H,8-9H2. The summed E-state index contributed by atoms with van der Waals surface area (Å²) in [5.74, 6) is 0.0567. The Balaban J connectivity index is 1.92. The highest BCUT2D eigenvalue weighted by atomic mass is 79.9. The second-order valence-electron chi connectivity index (χ2n) is 4.17. The van der Waals surface area contributed by atoms with Crippen LogP contribution < -0.4 is 4.74 Å². The fourth-order valence-electron chi connectivity index (χ4n) is 1.64. The highest BCUT2D eigenvalue weighted by Gasteiger charge is 2.10. The first-order valence-corrected chi connectivity index (χ1v) is 7.06. The van der Waals surface area contributed by atoms with Crippen LogP contribution in [0, 0.1) is 5.82 Å². The van der Waals surface area contributed by atoms with E-state index in [-0.39, 0.29) is 24.6 Å². The molecule has 0 amide bonds. The largest absolute Gasteiger partial charge is 0.486 e. The van der Waals surface area contributed by atoms with Crippen LogP contribution >= 0.6 is 27.5 Å². The van der Waals surface area contributed by atoms with Gasteiger partial charge >= 0.3 is 0 Å². The van der Waals surface area contributed by atoms with E-state index in [9.17, 15) is 9.18 Å². The number of hydrogen-bond acceptors (Lipinski definition) is 2. The summed E-state index contributed by atoms with van der Waals surface area (Å²) in [5, 5.41) is 0.604. The van der Waals surface area contributed by atoms with Gasteiger partial charge in [-0.2, -0.15) is 0 Å². The van der Waals surface area contributed by atoms with Gasteiger partial charge in [0, 0.05) is 11.4 Å². The molecular weight excluding hydrogens is 347 g/mol. The Kier molecular flexibility index (Phi) is 5.15. The Morgan fingerprint density at radius 2 is 1.90 bits per heavy atom. The van der Waals surface area contributed by atoms with Crippen LogP contribution in [0.15, 0.2) is 46.9 Å². The molecule has 2 nitrogen and oxygen atoms in total. The van der Waals surface area contributed by atoms with Gasteiger partial charge in [-0.05, 0) is 51.8 Å². The molecule has 0 N–H and O–H groups in total. The van der Waals surface area contributed by atoms with Gasteiger partial charge in [-0.1, -0.05) is 23.7 Å². The molecule has 0 heterocycles. The van der Waals surface area contributed by atoms with E-state index < -0.39 is 0 Å². The van der Waals surface area contributed by atoms with Gasteiger partial charge in [-0.25, -0.2) is 4.39 Å². The molecule has 0 aromatic heterocycles. The average Bonchev–Trinajstić information content (AvgIpc) is 2.43. The summed E-state index contributed by atoms with van der Waals surface area (Å²) in [4.78, 5) is 11.8. The summed E-state index contributed by atoms with van der Waals surface area (Å²) in [6.45, 7) is -0.0649. The van der Waals surface area contributed by atoms with Gasteiger partial charge in [0.2, 0.25) is 0 Å². The summed E-state index contributed by atoms with van der Waals surface area (Å²) < 4.78 is 19.0. The second-order valence-corrected chi connectivity index (χ2v) is 5.40. The van der Waals surface area contributed by atoms with E-state index in [0.29, 0.717) is 20.8 Å². The molecule has 0 atom stereocenters. The maximum absolute atomic E-state index is 13.3. The molecule has 20 heavy (non-hydrogen) atoms. The summed E-state index contributed by atoms with van der Waals surface area (Å²) in [6.07, 6.45) is 0.117. The number of rotatable bonds is 5. The number of carbonyl (C=O) groups is 1. The number of halogens is 3. The molecule has 0 spiro atoms. The molecule has 0 fully saturated rings. The molecule has 104 valence electrons. The molecule has 2 aromatic carbocycles. The maximum Gasteiger partial charge on any atom is 0.174 e. The van der Waals surface area contributed by atoms with E-state index in [1.807, 2.05) is 0 Å². The molecule has 2 rings (SSSR count). The molecule has 0 aliphatic heterocycles. The Morgan fingerprint density at radius 3 is 2.60 bits per heavy atom. The van der Waals surface area contributed by atoms with Crippen LogP contribution in [0.2, 0.25) is 5.02 Å². The monoisotopic (exact) mass is 356 g/mol. The molecule has 0 saturated heterocycles. The van der Waals surface area contributed by atoms with Gasteiger partial charge in [-0.3, -0.25) is 4.79 Å². The molecule has 0 saturated carbocycles. The molecule has 0 aliphatic rings. The highest BCUT2D eigenvalue weighted by molar-refractivity contribution is 9.10. The average molecular weight is 358 g/mol. The van der Waals surface area contributed by atoms with Crippen molar-refractivity contribution in [1.29, 1.82) is 0 Å². The normalized spacial score (nSPS) is 10.3. The minimum absolute atomic E-state index is 0.0649. The van der Waals surface area contributed by atoms with Crippen molar-refractivity contribution >= 4 is 33.3 Å². The van der Waals surface area contributed by atoms with Crippen LogP contribution in [0.5, 0.6) is 5.75 Å². The second kappa shape index (κ2) is 6.86. The first-order chi connectivity index (χ1) is 9.56. The van der Waals surface area contributed by atoms with Crippen LogP contribution in [0.1, 0.15) is 5.56 Å². The Hall–Kier alpha value is -1.39. The van der Waals surface area contributed by atoms with Gasteiger partial charge in [0.25, 0.3) is 0 Å². The molecule has 0 unspecified atom stereocenters. The zero-order chi connectivity index (χ0) is 14.5.